The molecule has 0 heterocycles. The molecule has 3 heteroatoms. The van der Waals surface area contributed by atoms with Crippen molar-refractivity contribution in [1.29, 1.82) is 0 Å². The number of benzene rings is 1. The van der Waals surface area contributed by atoms with Crippen LogP contribution < -0.4 is 4.74 Å². The lowest BCUT2D eigenvalue weighted by Crippen LogP contribution is -2.36. The first kappa shape index (κ1) is 14.4. The van der Waals surface area contributed by atoms with Crippen molar-refractivity contribution in [2.45, 2.75) is 32.8 Å². The molecule has 1 aromatic rings. The number of hydrogen-bond donors (Lipinski definition) is 1. The molecule has 1 atom stereocenters. The van der Waals surface area contributed by atoms with Gasteiger partial charge in [-0.1, -0.05) is 25.1 Å². The van der Waals surface area contributed by atoms with Crippen molar-refractivity contribution in [1.82, 2.24) is 4.90 Å². The van der Waals surface area contributed by atoms with Gasteiger partial charge in [0, 0.05) is 13.1 Å². The molecule has 0 bridgehead atoms. The van der Waals surface area contributed by atoms with Gasteiger partial charge in [0.15, 0.2) is 0 Å². The number of nitrogens with zero attached hydrogens (tertiary/aromatic N) is 1. The van der Waals surface area contributed by atoms with Gasteiger partial charge in [0.2, 0.25) is 0 Å². The minimum atomic E-state index is -0.418. The lowest BCUT2D eigenvalue weighted by Gasteiger charge is -2.23. The Morgan fingerprint density at radius 1 is 1.37 bits per heavy atom. The van der Waals surface area contributed by atoms with Crippen LogP contribution in [0.2, 0.25) is 0 Å². The molecule has 1 fully saturated rings. The normalized spacial score (nSPS) is 16.6. The zero-order valence-electron chi connectivity index (χ0n) is 12.0. The maximum atomic E-state index is 10.1. The average Bonchev–Trinajstić information content (AvgIpc) is 3.21. The number of likely N-dealkylation sites (N-methyl/N-ethyl adjacent to an activating group) is 1. The number of aliphatic hydroxyl groups excluding tert-OH is 1. The Morgan fingerprint density at radius 3 is 2.74 bits per heavy atom. The Morgan fingerprint density at radius 2 is 2.11 bits per heavy atom. The van der Waals surface area contributed by atoms with Crippen LogP contribution in [-0.4, -0.2) is 42.4 Å². The molecule has 0 amide bonds. The second kappa shape index (κ2) is 6.92. The van der Waals surface area contributed by atoms with Gasteiger partial charge in [-0.15, -0.1) is 0 Å². The molecule has 0 spiro atoms. The summed E-state index contributed by atoms with van der Waals surface area (Å²) in [5.74, 6) is 1.73. The first-order chi connectivity index (χ1) is 9.19. The Balaban J connectivity index is 1.73. The average molecular weight is 263 g/mol. The zero-order chi connectivity index (χ0) is 13.7. The number of aliphatic hydroxyl groups is 1. The van der Waals surface area contributed by atoms with Gasteiger partial charge >= 0.3 is 0 Å². The van der Waals surface area contributed by atoms with E-state index in [2.05, 4.69) is 11.8 Å². The number of para-hydroxylation sites is 1. The van der Waals surface area contributed by atoms with Gasteiger partial charge in [0.25, 0.3) is 0 Å². The summed E-state index contributed by atoms with van der Waals surface area (Å²) in [7, 11) is 0. The first-order valence-corrected chi connectivity index (χ1v) is 7.28. The van der Waals surface area contributed by atoms with Crippen molar-refractivity contribution in [2.75, 3.05) is 26.2 Å². The molecule has 1 unspecified atom stereocenters. The van der Waals surface area contributed by atoms with Crippen LogP contribution in [0.1, 0.15) is 25.3 Å². The fourth-order valence-corrected chi connectivity index (χ4v) is 2.25. The molecule has 0 radical (unpaired) electrons. The minimum absolute atomic E-state index is 0.367. The summed E-state index contributed by atoms with van der Waals surface area (Å²) in [6.45, 7) is 7.37. The molecule has 19 heavy (non-hydrogen) atoms. The Labute approximate surface area is 116 Å². The third kappa shape index (κ3) is 4.84. The van der Waals surface area contributed by atoms with E-state index in [1.54, 1.807) is 0 Å². The van der Waals surface area contributed by atoms with Crippen molar-refractivity contribution in [3.63, 3.8) is 0 Å². The number of ether oxygens (including phenoxy) is 1. The smallest absolute Gasteiger partial charge is 0.122 e. The van der Waals surface area contributed by atoms with Gasteiger partial charge in [-0.3, -0.25) is 0 Å². The van der Waals surface area contributed by atoms with Crippen molar-refractivity contribution >= 4 is 0 Å². The van der Waals surface area contributed by atoms with Gasteiger partial charge in [-0.2, -0.15) is 0 Å². The molecule has 1 N–H and O–H groups in total. The number of rotatable bonds is 8. The van der Waals surface area contributed by atoms with E-state index in [1.807, 2.05) is 31.2 Å². The standard InChI is InChI=1S/C16H25NO2/c1-3-17(10-14-8-9-14)11-15(18)12-19-16-7-5-4-6-13(16)2/h4-7,14-15,18H,3,8-12H2,1-2H3. The second-order valence-corrected chi connectivity index (χ2v) is 5.53. The SMILES string of the molecule is CCN(CC(O)COc1ccccc1C)CC1CC1. The summed E-state index contributed by atoms with van der Waals surface area (Å²) >= 11 is 0. The quantitative estimate of drug-likeness (QED) is 0.782. The highest BCUT2D eigenvalue weighted by atomic mass is 16.5. The molecule has 1 aliphatic carbocycles. The van der Waals surface area contributed by atoms with E-state index in [0.29, 0.717) is 13.2 Å². The van der Waals surface area contributed by atoms with E-state index < -0.39 is 6.10 Å². The summed E-state index contributed by atoms with van der Waals surface area (Å²) < 4.78 is 5.69. The summed E-state index contributed by atoms with van der Waals surface area (Å²) in [5, 5.41) is 10.1. The largest absolute Gasteiger partial charge is 0.491 e. The molecule has 3 nitrogen and oxygen atoms in total. The minimum Gasteiger partial charge on any atom is -0.491 e. The van der Waals surface area contributed by atoms with E-state index in [4.69, 9.17) is 4.74 Å². The maximum Gasteiger partial charge on any atom is 0.122 e. The monoisotopic (exact) mass is 263 g/mol. The van der Waals surface area contributed by atoms with Crippen molar-refractivity contribution in [2.24, 2.45) is 5.92 Å². The summed E-state index contributed by atoms with van der Waals surface area (Å²) in [6.07, 6.45) is 2.29. The summed E-state index contributed by atoms with van der Waals surface area (Å²) in [4.78, 5) is 2.32. The van der Waals surface area contributed by atoms with Crippen LogP contribution >= 0.6 is 0 Å². The van der Waals surface area contributed by atoms with Crippen LogP contribution in [0.4, 0.5) is 0 Å². The number of hydrogen-bond acceptors (Lipinski definition) is 3. The predicted molar refractivity (Wildman–Crippen MR) is 77.5 cm³/mol. The van der Waals surface area contributed by atoms with Crippen molar-refractivity contribution < 1.29 is 9.84 Å². The van der Waals surface area contributed by atoms with E-state index in [9.17, 15) is 5.11 Å². The lowest BCUT2D eigenvalue weighted by molar-refractivity contribution is 0.0682. The lowest BCUT2D eigenvalue weighted by atomic mass is 10.2. The Kier molecular flexibility index (Phi) is 5.23. The molecule has 1 saturated carbocycles. The van der Waals surface area contributed by atoms with Gasteiger partial charge in [0.1, 0.15) is 18.5 Å². The topological polar surface area (TPSA) is 32.7 Å². The van der Waals surface area contributed by atoms with E-state index in [1.165, 1.54) is 12.8 Å². The highest BCUT2D eigenvalue weighted by Crippen LogP contribution is 2.29. The summed E-state index contributed by atoms with van der Waals surface area (Å²) in [5.41, 5.74) is 1.11. The highest BCUT2D eigenvalue weighted by Gasteiger charge is 2.24. The number of aryl methyl sites for hydroxylation is 1. The first-order valence-electron chi connectivity index (χ1n) is 7.28. The second-order valence-electron chi connectivity index (χ2n) is 5.53. The van der Waals surface area contributed by atoms with Crippen molar-refractivity contribution in [3.8, 4) is 5.75 Å². The van der Waals surface area contributed by atoms with Gasteiger partial charge < -0.3 is 14.7 Å². The molecule has 1 aliphatic rings. The van der Waals surface area contributed by atoms with Crippen LogP contribution in [0.3, 0.4) is 0 Å². The van der Waals surface area contributed by atoms with Crippen LogP contribution in [0.5, 0.6) is 5.75 Å². The third-order valence-electron chi connectivity index (χ3n) is 3.65. The molecule has 1 aromatic carbocycles. The molecular weight excluding hydrogens is 238 g/mol. The van der Waals surface area contributed by atoms with Crippen LogP contribution in [0.15, 0.2) is 24.3 Å². The molecule has 2 rings (SSSR count). The Hall–Kier alpha value is -1.06. The molecular formula is C16H25NO2. The molecule has 0 saturated heterocycles. The Bertz CT molecular complexity index is 390. The van der Waals surface area contributed by atoms with Gasteiger partial charge in [-0.25, -0.2) is 0 Å². The maximum absolute atomic E-state index is 10.1. The molecule has 106 valence electrons. The van der Waals surface area contributed by atoms with E-state index >= 15 is 0 Å². The van der Waals surface area contributed by atoms with Crippen molar-refractivity contribution in [3.05, 3.63) is 29.8 Å². The third-order valence-corrected chi connectivity index (χ3v) is 3.65. The van der Waals surface area contributed by atoms with E-state index in [0.717, 1.165) is 30.3 Å². The van der Waals surface area contributed by atoms with Crippen LogP contribution in [0.25, 0.3) is 0 Å². The van der Waals surface area contributed by atoms with Crippen LogP contribution in [0, 0.1) is 12.8 Å². The van der Waals surface area contributed by atoms with Crippen LogP contribution in [-0.2, 0) is 0 Å². The summed E-state index contributed by atoms with van der Waals surface area (Å²) in [6, 6.07) is 7.92. The molecule has 0 aromatic heterocycles. The van der Waals surface area contributed by atoms with E-state index in [-0.39, 0.29) is 0 Å². The fourth-order valence-electron chi connectivity index (χ4n) is 2.25. The van der Waals surface area contributed by atoms with Gasteiger partial charge in [0.05, 0.1) is 0 Å². The predicted octanol–water partition coefficient (Wildman–Crippen LogP) is 2.47. The molecule has 0 aliphatic heterocycles. The fraction of sp³-hybridized carbons (Fsp3) is 0.625. The zero-order valence-corrected chi connectivity index (χ0v) is 12.0. The highest BCUT2D eigenvalue weighted by molar-refractivity contribution is 5.31. The van der Waals surface area contributed by atoms with Gasteiger partial charge in [-0.05, 0) is 43.9 Å².